The van der Waals surface area contributed by atoms with Crippen LogP contribution in [0.4, 0.5) is 0 Å². The lowest BCUT2D eigenvalue weighted by molar-refractivity contribution is -0.151. The summed E-state index contributed by atoms with van der Waals surface area (Å²) in [7, 11) is 1.73. The average molecular weight is 925 g/mol. The van der Waals surface area contributed by atoms with E-state index in [4.69, 9.17) is 14.2 Å². The molecule has 6 heteroatoms. The molecule has 1 aliphatic rings. The Morgan fingerprint density at radius 3 is 0.938 bits per heavy atom. The fourth-order valence-electron chi connectivity index (χ4n) is 8.88. The van der Waals surface area contributed by atoms with Gasteiger partial charge < -0.3 is 19.1 Å². The molecule has 1 saturated heterocycles. The second-order valence-corrected chi connectivity index (χ2v) is 19.9. The fraction of sp³-hybridized carbons (Fsp3) is 0.966. The molecule has 2 unspecified atom stereocenters. The third kappa shape index (κ3) is 50.6. The zero-order valence-electron chi connectivity index (χ0n) is 46.5. The van der Waals surface area contributed by atoms with Gasteiger partial charge in [0.2, 0.25) is 0 Å². The number of carbonyl (C=O) groups excluding carboxylic acids is 2. The molecule has 0 saturated carbocycles. The van der Waals surface area contributed by atoms with Gasteiger partial charge in [-0.15, -0.1) is 0 Å². The predicted molar refractivity (Wildman–Crippen MR) is 287 cm³/mol. The van der Waals surface area contributed by atoms with Crippen molar-refractivity contribution in [2.24, 2.45) is 11.8 Å². The van der Waals surface area contributed by atoms with E-state index in [2.05, 4.69) is 74.1 Å². The van der Waals surface area contributed by atoms with Gasteiger partial charge in [-0.3, -0.25) is 9.59 Å². The van der Waals surface area contributed by atoms with E-state index in [1.165, 1.54) is 180 Å². The van der Waals surface area contributed by atoms with E-state index in [1.807, 2.05) is 0 Å². The normalized spacial score (nSPS) is 14.7. The smallest absolute Gasteiger partial charge is 0.306 e. The number of likely N-dealkylation sites (tertiary alicyclic amines) is 1. The van der Waals surface area contributed by atoms with E-state index in [9.17, 15) is 9.59 Å². The number of methoxy groups -OCH3 is 1. The maximum atomic E-state index is 13.1. The molecule has 0 aliphatic carbocycles. The summed E-state index contributed by atoms with van der Waals surface area (Å²) in [4.78, 5) is 28.7. The largest absolute Gasteiger partial charge is 0.462 e. The highest BCUT2D eigenvalue weighted by Crippen LogP contribution is 2.32. The fourth-order valence-corrected chi connectivity index (χ4v) is 8.88. The summed E-state index contributed by atoms with van der Waals surface area (Å²) in [5.74, 6) is 1.25. The van der Waals surface area contributed by atoms with Crippen LogP contribution in [0.5, 0.6) is 0 Å². The molecule has 1 aliphatic heterocycles. The van der Waals surface area contributed by atoms with Gasteiger partial charge in [-0.1, -0.05) is 217 Å². The molecule has 0 radical (unpaired) electrons. The zero-order valence-corrected chi connectivity index (χ0v) is 46.5. The summed E-state index contributed by atoms with van der Waals surface area (Å²) < 4.78 is 17.1. The molecule has 65 heavy (non-hydrogen) atoms. The molecule has 0 bridgehead atoms. The lowest BCUT2D eigenvalue weighted by Gasteiger charge is -2.20. The SMILES string of the molecule is CCC.CCC.CCCCCCCCC(CCCCCCCC)OC(=O)CCCC1CN(CC)CC1CCCC(=O)OC(CCCCCCCC)CCCCCCCC.CCCCOC. The Hall–Kier alpha value is -1.14. The van der Waals surface area contributed by atoms with Gasteiger partial charge in [0.15, 0.2) is 0 Å². The molecule has 392 valence electrons. The summed E-state index contributed by atoms with van der Waals surface area (Å²) in [6.45, 7) is 26.2. The number of nitrogens with zero attached hydrogens (tertiary/aromatic N) is 1. The number of hydrogen-bond donors (Lipinski definition) is 0. The molecule has 0 spiro atoms. The minimum Gasteiger partial charge on any atom is -0.462 e. The number of unbranched alkanes of at least 4 members (excludes halogenated alkanes) is 21. The van der Waals surface area contributed by atoms with Gasteiger partial charge in [0.1, 0.15) is 12.2 Å². The first kappa shape index (κ1) is 68.1. The van der Waals surface area contributed by atoms with Gasteiger partial charge in [0, 0.05) is 39.6 Å². The van der Waals surface area contributed by atoms with Crippen LogP contribution in [0.2, 0.25) is 0 Å². The highest BCUT2D eigenvalue weighted by atomic mass is 16.5. The van der Waals surface area contributed by atoms with E-state index in [0.29, 0.717) is 24.7 Å². The Bertz CT molecular complexity index is 811. The van der Waals surface area contributed by atoms with Gasteiger partial charge in [-0.2, -0.15) is 0 Å². The van der Waals surface area contributed by atoms with Crippen LogP contribution in [-0.2, 0) is 23.8 Å². The quantitative estimate of drug-likeness (QED) is 0.0449. The number of esters is 2. The molecule has 0 amide bonds. The van der Waals surface area contributed by atoms with Crippen LogP contribution in [0.25, 0.3) is 0 Å². The van der Waals surface area contributed by atoms with Crippen LogP contribution >= 0.6 is 0 Å². The summed E-state index contributed by atoms with van der Waals surface area (Å²) in [6, 6.07) is 0. The second kappa shape index (κ2) is 57.2. The summed E-state index contributed by atoms with van der Waals surface area (Å²) in [5, 5.41) is 0. The van der Waals surface area contributed by atoms with Crippen molar-refractivity contribution >= 4 is 11.9 Å². The molecule has 1 fully saturated rings. The first-order chi connectivity index (χ1) is 31.7. The van der Waals surface area contributed by atoms with Crippen LogP contribution in [0.15, 0.2) is 0 Å². The molecule has 0 N–H and O–H groups in total. The minimum absolute atomic E-state index is 0.0214. The third-order valence-electron chi connectivity index (χ3n) is 12.8. The Labute approximate surface area is 409 Å². The summed E-state index contributed by atoms with van der Waals surface area (Å²) in [6.07, 6.45) is 45.1. The monoisotopic (exact) mass is 924 g/mol. The zero-order chi connectivity index (χ0) is 48.9. The first-order valence-electron chi connectivity index (χ1n) is 29.3. The van der Waals surface area contributed by atoms with Crippen LogP contribution in [0.3, 0.4) is 0 Å². The van der Waals surface area contributed by atoms with Gasteiger partial charge in [0.25, 0.3) is 0 Å². The van der Waals surface area contributed by atoms with Crippen molar-refractivity contribution in [1.29, 1.82) is 0 Å². The molecular formula is C59H121NO5. The van der Waals surface area contributed by atoms with Crippen LogP contribution in [-0.4, -0.2) is 62.4 Å². The lowest BCUT2D eigenvalue weighted by Crippen LogP contribution is -2.20. The van der Waals surface area contributed by atoms with Crippen molar-refractivity contribution in [3.8, 4) is 0 Å². The minimum atomic E-state index is 0.0214. The number of ether oxygens (including phenoxy) is 3. The topological polar surface area (TPSA) is 65.1 Å². The first-order valence-corrected chi connectivity index (χ1v) is 29.3. The van der Waals surface area contributed by atoms with Crippen molar-refractivity contribution in [2.75, 3.05) is 33.4 Å². The molecule has 0 aromatic heterocycles. The van der Waals surface area contributed by atoms with Crippen molar-refractivity contribution < 1.29 is 23.8 Å². The van der Waals surface area contributed by atoms with Crippen LogP contribution in [0, 0.1) is 11.8 Å². The Balaban J connectivity index is -0.00000283. The molecule has 1 heterocycles. The van der Waals surface area contributed by atoms with Crippen LogP contribution in [0.1, 0.15) is 313 Å². The third-order valence-corrected chi connectivity index (χ3v) is 12.8. The maximum Gasteiger partial charge on any atom is 0.306 e. The van der Waals surface area contributed by atoms with Crippen LogP contribution < -0.4 is 0 Å². The Morgan fingerprint density at radius 2 is 0.692 bits per heavy atom. The number of hydrogen-bond acceptors (Lipinski definition) is 6. The number of rotatable bonds is 42. The molecule has 1 rings (SSSR count). The number of carbonyl (C=O) groups is 2. The van der Waals surface area contributed by atoms with Gasteiger partial charge in [-0.25, -0.2) is 0 Å². The van der Waals surface area contributed by atoms with E-state index in [1.54, 1.807) is 7.11 Å². The Kier molecular flexibility index (Phi) is 59.9. The highest BCUT2D eigenvalue weighted by molar-refractivity contribution is 5.69. The lowest BCUT2D eigenvalue weighted by atomic mass is 9.87. The predicted octanol–water partition coefficient (Wildman–Crippen LogP) is 19.0. The van der Waals surface area contributed by atoms with Crippen molar-refractivity contribution in [2.45, 2.75) is 325 Å². The molecular weight excluding hydrogens is 803 g/mol. The molecule has 2 atom stereocenters. The molecule has 0 aromatic rings. The standard InChI is InChI=1S/C48H93NO4.C5H12O.2C3H8/c1-6-11-15-19-23-27-35-45(36-28-24-20-16-12-7-2)52-47(50)39-31-33-43-41-49(10-5)42-44(43)34-32-40-48(51)53-46(37-29-25-21-17-13-8-3)38-30-26-22-18-14-9-4;1-3-4-5-6-2;2*1-3-2/h43-46H,6-42H2,1-5H3;3-5H2,1-2H3;2*3H2,1-2H3. The highest BCUT2D eigenvalue weighted by Gasteiger charge is 2.31. The second-order valence-electron chi connectivity index (χ2n) is 19.9. The van der Waals surface area contributed by atoms with Crippen molar-refractivity contribution in [1.82, 2.24) is 4.90 Å². The molecule has 0 aromatic carbocycles. The summed E-state index contributed by atoms with van der Waals surface area (Å²) >= 11 is 0. The molecule has 6 nitrogen and oxygen atoms in total. The van der Waals surface area contributed by atoms with Gasteiger partial charge >= 0.3 is 11.9 Å². The summed E-state index contributed by atoms with van der Waals surface area (Å²) in [5.41, 5.74) is 0. The van der Waals surface area contributed by atoms with E-state index < -0.39 is 0 Å². The van der Waals surface area contributed by atoms with Crippen molar-refractivity contribution in [3.05, 3.63) is 0 Å². The van der Waals surface area contributed by atoms with E-state index >= 15 is 0 Å². The Morgan fingerprint density at radius 1 is 0.415 bits per heavy atom. The van der Waals surface area contributed by atoms with Gasteiger partial charge in [-0.05, 0) is 102 Å². The average Bonchev–Trinajstić information content (AvgIpc) is 3.69. The van der Waals surface area contributed by atoms with E-state index in [0.717, 1.165) is 77.6 Å². The van der Waals surface area contributed by atoms with E-state index in [-0.39, 0.29) is 24.1 Å². The van der Waals surface area contributed by atoms with Gasteiger partial charge in [0.05, 0.1) is 0 Å². The van der Waals surface area contributed by atoms with Crippen molar-refractivity contribution in [3.63, 3.8) is 0 Å². The maximum absolute atomic E-state index is 13.1.